The fraction of sp³-hybridized carbons (Fsp3) is 0.150. The summed E-state index contributed by atoms with van der Waals surface area (Å²) >= 11 is 0. The predicted molar refractivity (Wildman–Crippen MR) is 102 cm³/mol. The van der Waals surface area contributed by atoms with Crippen LogP contribution in [0.2, 0.25) is 0 Å². The molecule has 1 amide bonds. The van der Waals surface area contributed by atoms with Gasteiger partial charge >= 0.3 is 0 Å². The van der Waals surface area contributed by atoms with E-state index in [4.69, 9.17) is 0 Å². The van der Waals surface area contributed by atoms with Gasteiger partial charge in [-0.25, -0.2) is 14.1 Å². The third-order valence-corrected chi connectivity index (χ3v) is 4.35. The summed E-state index contributed by atoms with van der Waals surface area (Å²) in [4.78, 5) is 16.8. The second-order valence-electron chi connectivity index (χ2n) is 6.27. The SMILES string of the molecule is O=C(NCCCn1ccnc1)c1cnn(-c2ccc(F)cc2)c1-n1cccc1. The molecule has 0 fully saturated rings. The lowest BCUT2D eigenvalue weighted by molar-refractivity contribution is 0.0952. The van der Waals surface area contributed by atoms with Crippen LogP contribution in [0.5, 0.6) is 0 Å². The summed E-state index contributed by atoms with van der Waals surface area (Å²) < 4.78 is 18.7. The van der Waals surface area contributed by atoms with E-state index in [0.29, 0.717) is 23.6 Å². The van der Waals surface area contributed by atoms with E-state index in [1.165, 1.54) is 18.3 Å². The fourth-order valence-corrected chi connectivity index (χ4v) is 2.98. The van der Waals surface area contributed by atoms with Gasteiger partial charge in [-0.3, -0.25) is 4.79 Å². The van der Waals surface area contributed by atoms with Crippen molar-refractivity contribution >= 4 is 5.91 Å². The van der Waals surface area contributed by atoms with Gasteiger partial charge in [0.15, 0.2) is 5.82 Å². The van der Waals surface area contributed by atoms with Crippen LogP contribution in [0.3, 0.4) is 0 Å². The molecule has 142 valence electrons. The van der Waals surface area contributed by atoms with Crippen molar-refractivity contribution in [2.24, 2.45) is 0 Å². The van der Waals surface area contributed by atoms with Crippen LogP contribution in [-0.4, -0.2) is 36.4 Å². The Hall–Kier alpha value is -3.68. The first kappa shape index (κ1) is 17.7. The number of amides is 1. The maximum atomic E-state index is 13.3. The van der Waals surface area contributed by atoms with Crippen LogP contribution in [0.1, 0.15) is 16.8 Å². The van der Waals surface area contributed by atoms with Crippen LogP contribution in [-0.2, 0) is 6.54 Å². The first-order valence-electron chi connectivity index (χ1n) is 8.93. The van der Waals surface area contributed by atoms with Crippen LogP contribution in [0.4, 0.5) is 4.39 Å². The van der Waals surface area contributed by atoms with Gasteiger partial charge in [-0.1, -0.05) is 0 Å². The van der Waals surface area contributed by atoms with Gasteiger partial charge in [0, 0.05) is 37.9 Å². The van der Waals surface area contributed by atoms with E-state index in [9.17, 15) is 9.18 Å². The Labute approximate surface area is 161 Å². The smallest absolute Gasteiger partial charge is 0.256 e. The van der Waals surface area contributed by atoms with E-state index in [2.05, 4.69) is 15.4 Å². The summed E-state index contributed by atoms with van der Waals surface area (Å²) in [5, 5.41) is 7.30. The molecule has 3 aromatic heterocycles. The van der Waals surface area contributed by atoms with Crippen molar-refractivity contribution < 1.29 is 9.18 Å². The number of aromatic nitrogens is 5. The number of hydrogen-bond acceptors (Lipinski definition) is 3. The number of rotatable bonds is 7. The van der Waals surface area contributed by atoms with E-state index in [1.807, 2.05) is 39.9 Å². The number of hydrogen-bond donors (Lipinski definition) is 1. The maximum absolute atomic E-state index is 13.3. The Morgan fingerprint density at radius 1 is 1.11 bits per heavy atom. The zero-order valence-corrected chi connectivity index (χ0v) is 15.1. The third-order valence-electron chi connectivity index (χ3n) is 4.35. The minimum absolute atomic E-state index is 0.206. The Morgan fingerprint density at radius 2 is 1.89 bits per heavy atom. The molecule has 0 spiro atoms. The highest BCUT2D eigenvalue weighted by Gasteiger charge is 2.19. The molecule has 28 heavy (non-hydrogen) atoms. The van der Waals surface area contributed by atoms with Gasteiger partial charge < -0.3 is 14.5 Å². The maximum Gasteiger partial charge on any atom is 0.256 e. The second kappa shape index (κ2) is 7.91. The van der Waals surface area contributed by atoms with Gasteiger partial charge in [-0.2, -0.15) is 5.10 Å². The molecule has 0 aliphatic heterocycles. The molecule has 8 heteroatoms. The van der Waals surface area contributed by atoms with Crippen molar-refractivity contribution in [3.63, 3.8) is 0 Å². The quantitative estimate of drug-likeness (QED) is 0.503. The molecule has 0 aliphatic rings. The third kappa shape index (κ3) is 3.71. The second-order valence-corrected chi connectivity index (χ2v) is 6.27. The largest absolute Gasteiger partial charge is 0.352 e. The summed E-state index contributed by atoms with van der Waals surface area (Å²) in [6, 6.07) is 9.73. The van der Waals surface area contributed by atoms with E-state index >= 15 is 0 Å². The van der Waals surface area contributed by atoms with Gasteiger partial charge in [0.05, 0.1) is 18.2 Å². The lowest BCUT2D eigenvalue weighted by atomic mass is 10.2. The molecular weight excluding hydrogens is 359 g/mol. The van der Waals surface area contributed by atoms with Crippen LogP contribution in [0.15, 0.2) is 73.7 Å². The molecule has 7 nitrogen and oxygen atoms in total. The molecule has 0 radical (unpaired) electrons. The van der Waals surface area contributed by atoms with Crippen LogP contribution < -0.4 is 5.32 Å². The number of halogens is 1. The number of aryl methyl sites for hydroxylation is 1. The van der Waals surface area contributed by atoms with Crippen LogP contribution in [0, 0.1) is 5.82 Å². The minimum Gasteiger partial charge on any atom is -0.352 e. The molecule has 3 heterocycles. The number of carbonyl (C=O) groups is 1. The van der Waals surface area contributed by atoms with Crippen molar-refractivity contribution in [2.75, 3.05) is 6.54 Å². The highest BCUT2D eigenvalue weighted by molar-refractivity contribution is 5.97. The molecule has 0 atom stereocenters. The standard InChI is InChI=1S/C20H19FN6O/c21-16-4-6-17(7-5-16)27-20(26-11-1-2-12-26)18(14-24-27)19(28)23-8-3-10-25-13-9-22-15-25/h1-2,4-7,9,11-15H,3,8,10H2,(H,23,28). The van der Waals surface area contributed by atoms with E-state index < -0.39 is 0 Å². The Bertz CT molecular complexity index is 1040. The first-order chi connectivity index (χ1) is 13.7. The monoisotopic (exact) mass is 378 g/mol. The van der Waals surface area contributed by atoms with Gasteiger partial charge in [0.2, 0.25) is 0 Å². The van der Waals surface area contributed by atoms with Crippen molar-refractivity contribution in [1.82, 2.24) is 29.2 Å². The van der Waals surface area contributed by atoms with Crippen LogP contribution in [0.25, 0.3) is 11.5 Å². The van der Waals surface area contributed by atoms with Crippen molar-refractivity contribution in [3.8, 4) is 11.5 Å². The van der Waals surface area contributed by atoms with Crippen molar-refractivity contribution in [2.45, 2.75) is 13.0 Å². The molecular formula is C20H19FN6O. The number of nitrogens with zero attached hydrogens (tertiary/aromatic N) is 5. The zero-order valence-electron chi connectivity index (χ0n) is 15.1. The summed E-state index contributed by atoms with van der Waals surface area (Å²) in [6.07, 6.45) is 11.4. The molecule has 0 saturated heterocycles. The number of imidazole rings is 1. The minimum atomic E-state index is -0.325. The van der Waals surface area contributed by atoms with Crippen molar-refractivity contribution in [1.29, 1.82) is 0 Å². The molecule has 4 rings (SSSR count). The van der Waals surface area contributed by atoms with Gasteiger partial charge in [0.25, 0.3) is 5.91 Å². The number of nitrogens with one attached hydrogen (secondary N) is 1. The molecule has 1 aromatic carbocycles. The Morgan fingerprint density at radius 3 is 2.61 bits per heavy atom. The average Bonchev–Trinajstić information content (AvgIpc) is 3.46. The van der Waals surface area contributed by atoms with Gasteiger partial charge in [-0.15, -0.1) is 0 Å². The van der Waals surface area contributed by atoms with Gasteiger partial charge in [0.1, 0.15) is 11.4 Å². The number of benzene rings is 1. The lowest BCUT2D eigenvalue weighted by Gasteiger charge is -2.11. The predicted octanol–water partition coefficient (Wildman–Crippen LogP) is 2.82. The normalized spacial score (nSPS) is 10.9. The molecule has 0 aliphatic carbocycles. The molecule has 0 bridgehead atoms. The average molecular weight is 378 g/mol. The Balaban J connectivity index is 1.54. The van der Waals surface area contributed by atoms with E-state index in [1.54, 1.807) is 29.3 Å². The lowest BCUT2D eigenvalue weighted by Crippen LogP contribution is -2.26. The summed E-state index contributed by atoms with van der Waals surface area (Å²) in [5.74, 6) is 0.0701. The molecule has 0 saturated carbocycles. The zero-order chi connectivity index (χ0) is 19.3. The summed E-state index contributed by atoms with van der Waals surface area (Å²) in [6.45, 7) is 1.31. The van der Waals surface area contributed by atoms with Crippen molar-refractivity contribution in [3.05, 3.63) is 85.1 Å². The van der Waals surface area contributed by atoms with E-state index in [0.717, 1.165) is 13.0 Å². The van der Waals surface area contributed by atoms with Crippen LogP contribution >= 0.6 is 0 Å². The highest BCUT2D eigenvalue weighted by Crippen LogP contribution is 2.20. The first-order valence-corrected chi connectivity index (χ1v) is 8.93. The molecule has 1 N–H and O–H groups in total. The fourth-order valence-electron chi connectivity index (χ4n) is 2.98. The summed E-state index contributed by atoms with van der Waals surface area (Å²) in [5.41, 5.74) is 1.12. The molecule has 4 aromatic rings. The van der Waals surface area contributed by atoms with Gasteiger partial charge in [-0.05, 0) is 42.8 Å². The molecule has 0 unspecified atom stereocenters. The Kier molecular flexibility index (Phi) is 5.01. The topological polar surface area (TPSA) is 69.7 Å². The highest BCUT2D eigenvalue weighted by atomic mass is 19.1. The number of carbonyl (C=O) groups excluding carboxylic acids is 1. The summed E-state index contributed by atoms with van der Waals surface area (Å²) in [7, 11) is 0. The van der Waals surface area contributed by atoms with E-state index in [-0.39, 0.29) is 11.7 Å².